The van der Waals surface area contributed by atoms with Gasteiger partial charge in [0.15, 0.2) is 0 Å². The molecule has 2 aromatic carbocycles. The van der Waals surface area contributed by atoms with Crippen molar-refractivity contribution in [3.8, 4) is 11.8 Å². The van der Waals surface area contributed by atoms with Gasteiger partial charge in [-0.1, -0.05) is 56.0 Å². The summed E-state index contributed by atoms with van der Waals surface area (Å²) in [6, 6.07) is 18.3. The maximum absolute atomic E-state index is 13.0. The molecule has 2 aliphatic heterocycles. The van der Waals surface area contributed by atoms with Gasteiger partial charge in [-0.05, 0) is 55.1 Å². The zero-order chi connectivity index (χ0) is 23.2. The molecule has 2 fully saturated rings. The molecule has 0 spiro atoms. The lowest BCUT2D eigenvalue weighted by atomic mass is 9.74. The Morgan fingerprint density at radius 1 is 1.09 bits per heavy atom. The third kappa shape index (κ3) is 5.58. The van der Waals surface area contributed by atoms with E-state index in [1.807, 2.05) is 35.2 Å². The molecule has 2 saturated heterocycles. The normalized spacial score (nSPS) is 22.9. The van der Waals surface area contributed by atoms with Crippen molar-refractivity contribution in [1.29, 1.82) is 0 Å². The number of rotatable bonds is 4. The summed E-state index contributed by atoms with van der Waals surface area (Å²) in [7, 11) is 0. The first-order valence-corrected chi connectivity index (χ1v) is 12.1. The highest BCUT2D eigenvalue weighted by Crippen LogP contribution is 2.42. The summed E-state index contributed by atoms with van der Waals surface area (Å²) in [6.45, 7) is 6.87. The van der Waals surface area contributed by atoms with Gasteiger partial charge in [0.05, 0.1) is 6.61 Å². The molecular weight excluding hydrogens is 410 g/mol. The number of anilines is 1. The number of benzene rings is 2. The number of urea groups is 1. The van der Waals surface area contributed by atoms with E-state index in [1.165, 1.54) is 5.56 Å². The van der Waals surface area contributed by atoms with Gasteiger partial charge in [0.2, 0.25) is 0 Å². The lowest BCUT2D eigenvalue weighted by Crippen LogP contribution is -2.68. The van der Waals surface area contributed by atoms with E-state index in [0.29, 0.717) is 12.5 Å². The Morgan fingerprint density at radius 2 is 1.82 bits per heavy atom. The van der Waals surface area contributed by atoms with Crippen molar-refractivity contribution in [3.05, 3.63) is 65.7 Å². The molecule has 0 bridgehead atoms. The van der Waals surface area contributed by atoms with Gasteiger partial charge in [0, 0.05) is 48.8 Å². The van der Waals surface area contributed by atoms with Crippen molar-refractivity contribution in [1.82, 2.24) is 9.80 Å². The number of amides is 2. The minimum Gasteiger partial charge on any atom is -0.395 e. The predicted molar refractivity (Wildman–Crippen MR) is 133 cm³/mol. The third-order valence-corrected chi connectivity index (χ3v) is 6.72. The van der Waals surface area contributed by atoms with Crippen LogP contribution >= 0.6 is 0 Å². The average Bonchev–Trinajstić information content (AvgIpc) is 2.79. The number of para-hydroxylation sites is 1. The summed E-state index contributed by atoms with van der Waals surface area (Å²) in [6.07, 6.45) is 2.89. The van der Waals surface area contributed by atoms with E-state index in [4.69, 9.17) is 0 Å². The van der Waals surface area contributed by atoms with Crippen LogP contribution in [0, 0.1) is 17.8 Å². The Hall–Kier alpha value is -2.81. The molecular formula is C28H35N3O2. The molecule has 0 unspecified atom stereocenters. The second kappa shape index (κ2) is 10.9. The van der Waals surface area contributed by atoms with E-state index < -0.39 is 0 Å². The largest absolute Gasteiger partial charge is 0.395 e. The molecule has 4 rings (SSSR count). The van der Waals surface area contributed by atoms with Crippen LogP contribution in [0.4, 0.5) is 10.5 Å². The number of hydrogen-bond donors (Lipinski definition) is 2. The fourth-order valence-electron chi connectivity index (χ4n) is 4.99. The summed E-state index contributed by atoms with van der Waals surface area (Å²) >= 11 is 0. The van der Waals surface area contributed by atoms with Gasteiger partial charge in [0.1, 0.15) is 0 Å². The van der Waals surface area contributed by atoms with E-state index in [9.17, 15) is 9.90 Å². The highest BCUT2D eigenvalue weighted by molar-refractivity contribution is 5.89. The van der Waals surface area contributed by atoms with Gasteiger partial charge in [-0.25, -0.2) is 4.79 Å². The van der Waals surface area contributed by atoms with Crippen molar-refractivity contribution in [2.24, 2.45) is 5.92 Å². The van der Waals surface area contributed by atoms with E-state index in [1.54, 1.807) is 0 Å². The minimum absolute atomic E-state index is 0.0509. The first-order chi connectivity index (χ1) is 16.1. The molecule has 0 saturated carbocycles. The van der Waals surface area contributed by atoms with Crippen LogP contribution in [-0.2, 0) is 0 Å². The Balaban J connectivity index is 1.49. The quantitative estimate of drug-likeness (QED) is 0.680. The van der Waals surface area contributed by atoms with Gasteiger partial charge < -0.3 is 15.3 Å². The predicted octanol–water partition coefficient (Wildman–Crippen LogP) is 4.54. The van der Waals surface area contributed by atoms with E-state index in [0.717, 1.165) is 43.6 Å². The number of carbonyl (C=O) groups is 1. The summed E-state index contributed by atoms with van der Waals surface area (Å²) < 4.78 is 0. The van der Waals surface area contributed by atoms with E-state index in [-0.39, 0.29) is 30.6 Å². The van der Waals surface area contributed by atoms with Crippen LogP contribution in [0.5, 0.6) is 0 Å². The number of nitrogens with zero attached hydrogens (tertiary/aromatic N) is 2. The van der Waals surface area contributed by atoms with Gasteiger partial charge in [0.25, 0.3) is 0 Å². The molecule has 2 heterocycles. The standard InChI is InChI=1S/C28H35N3O2/c1-21(2)9-8-10-22-13-15-23(16-14-22)27-25-19-30(17-6-7-18-31(25)26(27)20-32)28(33)29-24-11-4-3-5-12-24/h3-5,11-16,21,25-27,32H,6-7,9,17-20H2,1-2H3,(H,29,33)/t25-,26-,27+/m1/s1. The molecule has 3 atom stereocenters. The number of aliphatic hydroxyl groups excluding tert-OH is 1. The van der Waals surface area contributed by atoms with Crippen LogP contribution in [0.1, 0.15) is 50.2 Å². The lowest BCUT2D eigenvalue weighted by Gasteiger charge is -2.57. The fourth-order valence-corrected chi connectivity index (χ4v) is 4.99. The monoisotopic (exact) mass is 445 g/mol. The van der Waals surface area contributed by atoms with Crippen LogP contribution in [0.3, 0.4) is 0 Å². The highest BCUT2D eigenvalue weighted by atomic mass is 16.3. The van der Waals surface area contributed by atoms with Crippen LogP contribution < -0.4 is 5.32 Å². The lowest BCUT2D eigenvalue weighted by molar-refractivity contribution is -0.0585. The van der Waals surface area contributed by atoms with Crippen molar-refractivity contribution in [3.63, 3.8) is 0 Å². The average molecular weight is 446 g/mol. The zero-order valence-corrected chi connectivity index (χ0v) is 19.7. The topological polar surface area (TPSA) is 55.8 Å². The number of fused-ring (bicyclic) bond motifs is 1. The SMILES string of the molecule is CC(C)CC#Cc1ccc([C@@H]2[C@@H](CO)N3CCCCN(C(=O)Nc4ccccc4)C[C@H]23)cc1. The summed E-state index contributed by atoms with van der Waals surface area (Å²) in [4.78, 5) is 17.4. The van der Waals surface area contributed by atoms with E-state index >= 15 is 0 Å². The van der Waals surface area contributed by atoms with Crippen LogP contribution in [-0.4, -0.2) is 59.3 Å². The maximum Gasteiger partial charge on any atom is 0.321 e. The Morgan fingerprint density at radius 3 is 2.52 bits per heavy atom. The first kappa shape index (κ1) is 23.4. The summed E-state index contributed by atoms with van der Waals surface area (Å²) in [5, 5.41) is 13.2. The maximum atomic E-state index is 13.0. The van der Waals surface area contributed by atoms with Crippen LogP contribution in [0.2, 0.25) is 0 Å². The second-order valence-corrected chi connectivity index (χ2v) is 9.55. The summed E-state index contributed by atoms with van der Waals surface area (Å²) in [5.41, 5.74) is 3.06. The van der Waals surface area contributed by atoms with Gasteiger partial charge in [-0.2, -0.15) is 0 Å². The van der Waals surface area contributed by atoms with Crippen molar-refractivity contribution >= 4 is 11.7 Å². The molecule has 2 aromatic rings. The molecule has 0 aliphatic carbocycles. The molecule has 2 amide bonds. The van der Waals surface area contributed by atoms with Crippen molar-refractivity contribution in [2.75, 3.05) is 31.6 Å². The third-order valence-electron chi connectivity index (χ3n) is 6.72. The first-order valence-electron chi connectivity index (χ1n) is 12.1. The minimum atomic E-state index is -0.0509. The molecule has 5 nitrogen and oxygen atoms in total. The molecule has 174 valence electrons. The van der Waals surface area contributed by atoms with Crippen molar-refractivity contribution in [2.45, 2.75) is 51.1 Å². The second-order valence-electron chi connectivity index (χ2n) is 9.55. The Labute approximate surface area is 197 Å². The molecule has 33 heavy (non-hydrogen) atoms. The number of carbonyl (C=O) groups excluding carboxylic acids is 1. The number of hydrogen-bond acceptors (Lipinski definition) is 3. The van der Waals surface area contributed by atoms with Gasteiger partial charge in [-0.3, -0.25) is 4.90 Å². The molecule has 2 aliphatic rings. The molecule has 2 N–H and O–H groups in total. The van der Waals surface area contributed by atoms with Crippen LogP contribution in [0.25, 0.3) is 0 Å². The smallest absolute Gasteiger partial charge is 0.321 e. The van der Waals surface area contributed by atoms with E-state index in [2.05, 4.69) is 60.2 Å². The molecule has 5 heteroatoms. The summed E-state index contributed by atoms with van der Waals surface area (Å²) in [5.74, 6) is 7.28. The van der Waals surface area contributed by atoms with Gasteiger partial charge >= 0.3 is 6.03 Å². The zero-order valence-electron chi connectivity index (χ0n) is 19.7. The Kier molecular flexibility index (Phi) is 7.69. The Bertz CT molecular complexity index is 978. The van der Waals surface area contributed by atoms with Gasteiger partial charge in [-0.15, -0.1) is 0 Å². The highest BCUT2D eigenvalue weighted by Gasteiger charge is 2.49. The fraction of sp³-hybridized carbons (Fsp3) is 0.464. The van der Waals surface area contributed by atoms with Crippen LogP contribution in [0.15, 0.2) is 54.6 Å². The van der Waals surface area contributed by atoms with Crippen molar-refractivity contribution < 1.29 is 9.90 Å². The number of aliphatic hydroxyl groups is 1. The number of nitrogens with one attached hydrogen (secondary N) is 1. The molecule has 0 aromatic heterocycles. The molecule has 0 radical (unpaired) electrons.